The minimum Gasteiger partial charge on any atom is -0.319 e. The van der Waals surface area contributed by atoms with Gasteiger partial charge in [-0.1, -0.05) is 36.6 Å². The van der Waals surface area contributed by atoms with Gasteiger partial charge in [-0.05, 0) is 48.8 Å². The predicted octanol–water partition coefficient (Wildman–Crippen LogP) is 3.60. The molecule has 2 rings (SSSR count). The minimum atomic E-state index is 0.432. The lowest BCUT2D eigenvalue weighted by Gasteiger charge is -2.10. The summed E-state index contributed by atoms with van der Waals surface area (Å²) < 4.78 is 0.432. The number of rotatable bonds is 4. The Labute approximate surface area is 133 Å². The summed E-state index contributed by atoms with van der Waals surface area (Å²) in [6.45, 7) is 3.83. The highest BCUT2D eigenvalue weighted by molar-refractivity contribution is 7.81. The van der Waals surface area contributed by atoms with Crippen molar-refractivity contribution in [3.05, 3.63) is 51.8 Å². The standard InChI is InChI=1S/C14H13N3S3/c1-8(18)10-3-4-11(12(5-10)9(2)19)6-13-15-7-16-14(20)17-13/h3-5,7H,6H2,1-2H3,(H,15,16,17,20). The molecule has 1 aromatic carbocycles. The van der Waals surface area contributed by atoms with E-state index in [0.29, 0.717) is 11.2 Å². The van der Waals surface area contributed by atoms with Crippen molar-refractivity contribution in [2.24, 2.45) is 0 Å². The highest BCUT2D eigenvalue weighted by Gasteiger charge is 2.09. The van der Waals surface area contributed by atoms with Crippen LogP contribution in [0.1, 0.15) is 36.4 Å². The summed E-state index contributed by atoms with van der Waals surface area (Å²) in [4.78, 5) is 12.8. The highest BCUT2D eigenvalue weighted by atomic mass is 32.1. The Morgan fingerprint density at radius 1 is 1.15 bits per heavy atom. The molecule has 1 N–H and O–H groups in total. The Balaban J connectivity index is 2.43. The zero-order valence-corrected chi connectivity index (χ0v) is 13.6. The molecule has 0 spiro atoms. The van der Waals surface area contributed by atoms with Crippen LogP contribution in [0.2, 0.25) is 0 Å². The lowest BCUT2D eigenvalue weighted by Crippen LogP contribution is -2.05. The molecule has 1 aromatic heterocycles. The molecule has 0 unspecified atom stereocenters. The molecule has 1 heterocycles. The van der Waals surface area contributed by atoms with Gasteiger partial charge in [0.25, 0.3) is 0 Å². The molecule has 2 aromatic rings. The maximum atomic E-state index is 5.33. The number of aromatic nitrogens is 3. The molecule has 0 amide bonds. The molecule has 0 saturated carbocycles. The highest BCUT2D eigenvalue weighted by Crippen LogP contribution is 2.17. The molecule has 3 nitrogen and oxygen atoms in total. The van der Waals surface area contributed by atoms with Crippen molar-refractivity contribution in [2.75, 3.05) is 0 Å². The van der Waals surface area contributed by atoms with Crippen LogP contribution in [0.3, 0.4) is 0 Å². The minimum absolute atomic E-state index is 0.432. The van der Waals surface area contributed by atoms with Gasteiger partial charge < -0.3 is 4.98 Å². The van der Waals surface area contributed by atoms with E-state index in [1.807, 2.05) is 32.0 Å². The van der Waals surface area contributed by atoms with Crippen LogP contribution in [-0.4, -0.2) is 24.7 Å². The summed E-state index contributed by atoms with van der Waals surface area (Å²) in [6, 6.07) is 6.08. The number of benzene rings is 1. The van der Waals surface area contributed by atoms with Gasteiger partial charge >= 0.3 is 0 Å². The summed E-state index contributed by atoms with van der Waals surface area (Å²) in [5.41, 5.74) is 3.15. The lowest BCUT2D eigenvalue weighted by atomic mass is 9.98. The van der Waals surface area contributed by atoms with Gasteiger partial charge in [0.15, 0.2) is 4.77 Å². The quantitative estimate of drug-likeness (QED) is 0.689. The van der Waals surface area contributed by atoms with Gasteiger partial charge in [-0.3, -0.25) is 0 Å². The Bertz CT molecular complexity index is 734. The molecule has 0 fully saturated rings. The first-order chi connectivity index (χ1) is 9.47. The Morgan fingerprint density at radius 3 is 2.50 bits per heavy atom. The zero-order valence-electron chi connectivity index (χ0n) is 11.1. The Morgan fingerprint density at radius 2 is 1.90 bits per heavy atom. The lowest BCUT2D eigenvalue weighted by molar-refractivity contribution is 0.904. The van der Waals surface area contributed by atoms with Crippen LogP contribution in [0, 0.1) is 4.77 Å². The van der Waals surface area contributed by atoms with E-state index in [2.05, 4.69) is 15.0 Å². The van der Waals surface area contributed by atoms with Gasteiger partial charge in [0.05, 0.1) is 0 Å². The van der Waals surface area contributed by atoms with E-state index in [4.69, 9.17) is 36.7 Å². The average molecular weight is 319 g/mol. The molecule has 0 aliphatic rings. The molecular weight excluding hydrogens is 306 g/mol. The number of hydrogen-bond donors (Lipinski definition) is 1. The van der Waals surface area contributed by atoms with Crippen LogP contribution in [-0.2, 0) is 6.42 Å². The first-order valence-corrected chi connectivity index (χ1v) is 7.25. The number of nitrogens with one attached hydrogen (secondary N) is 1. The predicted molar refractivity (Wildman–Crippen MR) is 91.2 cm³/mol. The molecule has 0 aliphatic heterocycles. The monoisotopic (exact) mass is 319 g/mol. The molecule has 0 saturated heterocycles. The smallest absolute Gasteiger partial charge is 0.199 e. The van der Waals surface area contributed by atoms with Crippen molar-refractivity contribution in [1.82, 2.24) is 15.0 Å². The summed E-state index contributed by atoms with van der Waals surface area (Å²) in [7, 11) is 0. The van der Waals surface area contributed by atoms with Crippen LogP contribution >= 0.6 is 36.7 Å². The van der Waals surface area contributed by atoms with Crippen molar-refractivity contribution in [3.63, 3.8) is 0 Å². The van der Waals surface area contributed by atoms with Crippen LogP contribution in [0.15, 0.2) is 24.5 Å². The van der Waals surface area contributed by atoms with Crippen molar-refractivity contribution < 1.29 is 0 Å². The van der Waals surface area contributed by atoms with Crippen LogP contribution in [0.4, 0.5) is 0 Å². The topological polar surface area (TPSA) is 41.6 Å². The Kier molecular flexibility index (Phi) is 4.80. The van der Waals surface area contributed by atoms with Crippen molar-refractivity contribution in [3.8, 4) is 0 Å². The second-order valence-corrected chi connectivity index (χ2v) is 6.02. The summed E-state index contributed by atoms with van der Waals surface area (Å²) in [6.07, 6.45) is 2.10. The van der Waals surface area contributed by atoms with Crippen LogP contribution < -0.4 is 0 Å². The number of aromatic amines is 1. The first kappa shape index (κ1) is 15.0. The number of thiocarbonyl (C=S) groups is 2. The van der Waals surface area contributed by atoms with Gasteiger partial charge in [-0.15, -0.1) is 0 Å². The van der Waals surface area contributed by atoms with E-state index in [1.54, 1.807) is 0 Å². The van der Waals surface area contributed by atoms with Gasteiger partial charge in [-0.25, -0.2) is 9.97 Å². The van der Waals surface area contributed by atoms with E-state index in [0.717, 1.165) is 32.2 Å². The summed E-state index contributed by atoms with van der Waals surface area (Å²) >= 11 is 15.6. The van der Waals surface area contributed by atoms with Crippen molar-refractivity contribution in [2.45, 2.75) is 20.3 Å². The molecule has 102 valence electrons. The van der Waals surface area contributed by atoms with Crippen LogP contribution in [0.25, 0.3) is 0 Å². The Hall–Kier alpha value is -1.37. The largest absolute Gasteiger partial charge is 0.319 e. The number of hydrogen-bond acceptors (Lipinski definition) is 5. The third-order valence-electron chi connectivity index (χ3n) is 2.89. The summed E-state index contributed by atoms with van der Waals surface area (Å²) in [5, 5.41) is 0. The molecule has 0 bridgehead atoms. The van der Waals surface area contributed by atoms with Gasteiger partial charge in [0.1, 0.15) is 12.2 Å². The van der Waals surface area contributed by atoms with Crippen LogP contribution in [0.5, 0.6) is 0 Å². The first-order valence-electron chi connectivity index (χ1n) is 6.02. The molecular formula is C14H13N3S3. The maximum Gasteiger partial charge on any atom is 0.199 e. The fraction of sp³-hybridized carbons (Fsp3) is 0.214. The summed E-state index contributed by atoms with van der Waals surface area (Å²) in [5.74, 6) is 0.773. The number of H-pyrrole nitrogens is 1. The third kappa shape index (κ3) is 3.59. The zero-order chi connectivity index (χ0) is 14.7. The van der Waals surface area contributed by atoms with E-state index >= 15 is 0 Å². The molecule has 0 atom stereocenters. The molecule has 20 heavy (non-hydrogen) atoms. The van der Waals surface area contributed by atoms with E-state index in [1.165, 1.54) is 6.33 Å². The SMILES string of the molecule is CC(=S)c1ccc(Cc2ncnc(=S)[nH]2)c(C(C)=S)c1. The van der Waals surface area contributed by atoms with Gasteiger partial charge in [-0.2, -0.15) is 0 Å². The fourth-order valence-corrected chi connectivity index (χ4v) is 2.37. The normalized spacial score (nSPS) is 10.3. The maximum absolute atomic E-state index is 5.33. The second-order valence-electron chi connectivity index (χ2n) is 4.41. The van der Waals surface area contributed by atoms with E-state index in [9.17, 15) is 0 Å². The van der Waals surface area contributed by atoms with E-state index in [-0.39, 0.29) is 0 Å². The van der Waals surface area contributed by atoms with Gasteiger partial charge in [0, 0.05) is 16.1 Å². The molecule has 0 radical (unpaired) electrons. The second kappa shape index (κ2) is 6.39. The fourth-order valence-electron chi connectivity index (χ4n) is 1.89. The average Bonchev–Trinajstić information content (AvgIpc) is 2.38. The molecule has 0 aliphatic carbocycles. The number of nitrogens with zero attached hydrogens (tertiary/aromatic N) is 2. The van der Waals surface area contributed by atoms with Crippen molar-refractivity contribution >= 4 is 46.4 Å². The van der Waals surface area contributed by atoms with Crippen molar-refractivity contribution in [1.29, 1.82) is 0 Å². The molecule has 6 heteroatoms. The van der Waals surface area contributed by atoms with Gasteiger partial charge in [0.2, 0.25) is 0 Å². The van der Waals surface area contributed by atoms with E-state index < -0.39 is 0 Å². The third-order valence-corrected chi connectivity index (χ3v) is 3.56.